The first-order valence-corrected chi connectivity index (χ1v) is 9.30. The van der Waals surface area contributed by atoms with Crippen LogP contribution >= 0.6 is 0 Å². The Hall–Kier alpha value is -1.66. The van der Waals surface area contributed by atoms with Crippen LogP contribution in [0.25, 0.3) is 0 Å². The van der Waals surface area contributed by atoms with Crippen molar-refractivity contribution in [3.63, 3.8) is 0 Å². The van der Waals surface area contributed by atoms with Crippen LogP contribution in [0.3, 0.4) is 0 Å². The van der Waals surface area contributed by atoms with Crippen LogP contribution in [0.4, 0.5) is 0 Å². The second kappa shape index (κ2) is 6.09. The SMILES string of the molecule is CCOC(=O)[C@H]1C[C@@H]1C1=CCN(S(=O)(=O)c2ccc(C)cc2)C1. The fourth-order valence-electron chi connectivity index (χ4n) is 2.98. The van der Waals surface area contributed by atoms with Crippen molar-refractivity contribution in [2.75, 3.05) is 19.7 Å². The summed E-state index contributed by atoms with van der Waals surface area (Å²) in [5, 5.41) is 0. The van der Waals surface area contributed by atoms with Crippen LogP contribution in [-0.2, 0) is 19.6 Å². The Labute approximate surface area is 137 Å². The fraction of sp³-hybridized carbons (Fsp3) is 0.471. The molecule has 0 aromatic heterocycles. The Morgan fingerprint density at radius 1 is 1.30 bits per heavy atom. The van der Waals surface area contributed by atoms with E-state index in [0.29, 0.717) is 24.6 Å². The van der Waals surface area contributed by atoms with E-state index in [1.54, 1.807) is 31.2 Å². The molecule has 124 valence electrons. The largest absolute Gasteiger partial charge is 0.466 e. The van der Waals surface area contributed by atoms with Crippen LogP contribution < -0.4 is 0 Å². The van der Waals surface area contributed by atoms with Gasteiger partial charge < -0.3 is 4.74 Å². The molecule has 5 nitrogen and oxygen atoms in total. The van der Waals surface area contributed by atoms with Gasteiger partial charge in [-0.3, -0.25) is 4.79 Å². The van der Waals surface area contributed by atoms with Gasteiger partial charge in [0.15, 0.2) is 0 Å². The van der Waals surface area contributed by atoms with Crippen molar-refractivity contribution in [3.05, 3.63) is 41.5 Å². The lowest BCUT2D eigenvalue weighted by Gasteiger charge is -2.16. The summed E-state index contributed by atoms with van der Waals surface area (Å²) in [7, 11) is -3.48. The highest BCUT2D eigenvalue weighted by molar-refractivity contribution is 7.89. The maximum atomic E-state index is 12.7. The first kappa shape index (κ1) is 16.2. The summed E-state index contributed by atoms with van der Waals surface area (Å²) in [6.45, 7) is 4.85. The molecule has 0 N–H and O–H groups in total. The van der Waals surface area contributed by atoms with E-state index in [9.17, 15) is 13.2 Å². The molecule has 6 heteroatoms. The van der Waals surface area contributed by atoms with Gasteiger partial charge in [-0.25, -0.2) is 8.42 Å². The number of hydrogen-bond acceptors (Lipinski definition) is 4. The summed E-state index contributed by atoms with van der Waals surface area (Å²) in [5.41, 5.74) is 2.07. The number of carbonyl (C=O) groups excluding carboxylic acids is 1. The van der Waals surface area contributed by atoms with Crippen LogP contribution in [-0.4, -0.2) is 38.4 Å². The molecule has 0 saturated heterocycles. The summed E-state index contributed by atoms with van der Waals surface area (Å²) in [4.78, 5) is 12.0. The smallest absolute Gasteiger partial charge is 0.309 e. The minimum atomic E-state index is -3.48. The molecule has 1 fully saturated rings. The number of aryl methyl sites for hydroxylation is 1. The maximum Gasteiger partial charge on any atom is 0.309 e. The highest BCUT2D eigenvalue weighted by Gasteiger charge is 2.48. The predicted octanol–water partition coefficient (Wildman–Crippen LogP) is 2.12. The van der Waals surface area contributed by atoms with Crippen molar-refractivity contribution in [1.82, 2.24) is 4.31 Å². The van der Waals surface area contributed by atoms with Crippen molar-refractivity contribution in [2.45, 2.75) is 25.2 Å². The van der Waals surface area contributed by atoms with E-state index in [0.717, 1.165) is 17.6 Å². The molecule has 0 bridgehead atoms. The highest BCUT2D eigenvalue weighted by Crippen LogP contribution is 2.46. The van der Waals surface area contributed by atoms with Gasteiger partial charge in [0.2, 0.25) is 10.0 Å². The summed E-state index contributed by atoms with van der Waals surface area (Å²) < 4.78 is 31.8. The van der Waals surface area contributed by atoms with Gasteiger partial charge >= 0.3 is 5.97 Å². The summed E-state index contributed by atoms with van der Waals surface area (Å²) in [5.74, 6) is -0.117. The lowest BCUT2D eigenvalue weighted by molar-refractivity contribution is -0.144. The molecule has 1 heterocycles. The number of ether oxygens (including phenoxy) is 1. The van der Waals surface area contributed by atoms with E-state index in [1.165, 1.54) is 4.31 Å². The molecule has 0 amide bonds. The van der Waals surface area contributed by atoms with Crippen LogP contribution in [0.2, 0.25) is 0 Å². The van der Waals surface area contributed by atoms with Gasteiger partial charge in [-0.05, 0) is 38.3 Å². The normalized spacial score (nSPS) is 24.3. The van der Waals surface area contributed by atoms with Gasteiger partial charge in [-0.15, -0.1) is 0 Å². The Kier molecular flexibility index (Phi) is 4.29. The number of esters is 1. The average molecular weight is 335 g/mol. The minimum Gasteiger partial charge on any atom is -0.466 e. The fourth-order valence-corrected chi connectivity index (χ4v) is 4.35. The summed E-state index contributed by atoms with van der Waals surface area (Å²) in [6.07, 6.45) is 2.71. The van der Waals surface area contributed by atoms with E-state index >= 15 is 0 Å². The standard InChI is InChI=1S/C17H21NO4S/c1-3-22-17(19)16-10-15(16)13-8-9-18(11-13)23(20,21)14-6-4-12(2)5-7-14/h4-8,15-16H,3,9-11H2,1-2H3/t15-,16+/m1/s1. The maximum absolute atomic E-state index is 12.7. The van der Waals surface area contributed by atoms with Gasteiger partial charge in [0, 0.05) is 13.1 Å². The molecule has 0 unspecified atom stereocenters. The molecule has 1 saturated carbocycles. The zero-order chi connectivity index (χ0) is 16.6. The molecule has 2 atom stereocenters. The van der Waals surface area contributed by atoms with E-state index in [2.05, 4.69) is 0 Å². The van der Waals surface area contributed by atoms with Crippen LogP contribution in [0.15, 0.2) is 40.8 Å². The molecule has 1 aromatic carbocycles. The van der Waals surface area contributed by atoms with Gasteiger partial charge in [-0.2, -0.15) is 4.31 Å². The molecule has 2 aliphatic rings. The molecule has 0 spiro atoms. The molecule has 23 heavy (non-hydrogen) atoms. The van der Waals surface area contributed by atoms with E-state index < -0.39 is 10.0 Å². The monoisotopic (exact) mass is 335 g/mol. The molecular formula is C17H21NO4S. The summed E-state index contributed by atoms with van der Waals surface area (Å²) >= 11 is 0. The van der Waals surface area contributed by atoms with Crippen molar-refractivity contribution in [3.8, 4) is 0 Å². The molecule has 1 aliphatic carbocycles. The second-order valence-corrected chi connectivity index (χ2v) is 8.03. The molecule has 3 rings (SSSR count). The molecule has 1 aliphatic heterocycles. The van der Waals surface area contributed by atoms with E-state index in [1.807, 2.05) is 13.0 Å². The van der Waals surface area contributed by atoms with Crippen LogP contribution in [0.1, 0.15) is 18.9 Å². The minimum absolute atomic E-state index is 0.0942. The van der Waals surface area contributed by atoms with Crippen molar-refractivity contribution >= 4 is 16.0 Å². The van der Waals surface area contributed by atoms with Gasteiger partial charge in [-0.1, -0.05) is 29.3 Å². The number of nitrogens with zero attached hydrogens (tertiary/aromatic N) is 1. The third-order valence-electron chi connectivity index (χ3n) is 4.43. The topological polar surface area (TPSA) is 63.7 Å². The number of benzene rings is 1. The zero-order valence-electron chi connectivity index (χ0n) is 13.4. The molecule has 1 aromatic rings. The van der Waals surface area contributed by atoms with E-state index in [-0.39, 0.29) is 17.8 Å². The Morgan fingerprint density at radius 3 is 2.65 bits per heavy atom. The number of rotatable bonds is 5. The molecule has 0 radical (unpaired) electrons. The Balaban J connectivity index is 1.65. The second-order valence-electron chi connectivity index (χ2n) is 6.09. The average Bonchev–Trinajstić information content (AvgIpc) is 3.16. The van der Waals surface area contributed by atoms with Crippen LogP contribution in [0.5, 0.6) is 0 Å². The number of carbonyl (C=O) groups is 1. The predicted molar refractivity (Wildman–Crippen MR) is 86.3 cm³/mol. The zero-order valence-corrected chi connectivity index (χ0v) is 14.2. The lowest BCUT2D eigenvalue weighted by Crippen LogP contribution is -2.29. The van der Waals surface area contributed by atoms with Crippen molar-refractivity contribution in [2.24, 2.45) is 11.8 Å². The van der Waals surface area contributed by atoms with E-state index in [4.69, 9.17) is 4.74 Å². The van der Waals surface area contributed by atoms with Crippen LogP contribution in [0, 0.1) is 18.8 Å². The van der Waals surface area contributed by atoms with Gasteiger partial charge in [0.25, 0.3) is 0 Å². The third kappa shape index (κ3) is 3.19. The van der Waals surface area contributed by atoms with Gasteiger partial charge in [0.1, 0.15) is 0 Å². The third-order valence-corrected chi connectivity index (χ3v) is 6.26. The Bertz CT molecular complexity index is 736. The first-order chi connectivity index (χ1) is 10.9. The number of sulfonamides is 1. The summed E-state index contributed by atoms with van der Waals surface area (Å²) in [6, 6.07) is 6.88. The Morgan fingerprint density at radius 2 is 2.00 bits per heavy atom. The lowest BCUT2D eigenvalue weighted by atomic mass is 10.1. The van der Waals surface area contributed by atoms with Crippen molar-refractivity contribution < 1.29 is 17.9 Å². The molecular weight excluding hydrogens is 314 g/mol. The quantitative estimate of drug-likeness (QED) is 0.611. The highest BCUT2D eigenvalue weighted by atomic mass is 32.2. The first-order valence-electron chi connectivity index (χ1n) is 7.86. The van der Waals surface area contributed by atoms with Gasteiger partial charge in [0.05, 0.1) is 17.4 Å². The van der Waals surface area contributed by atoms with Crippen molar-refractivity contribution in [1.29, 1.82) is 0 Å². The number of hydrogen-bond donors (Lipinski definition) is 0.